The largest absolute Gasteiger partial charge is 0.310 e. The first kappa shape index (κ1) is 16.5. The first-order valence-corrected chi connectivity index (χ1v) is 8.74. The van der Waals surface area contributed by atoms with Crippen LogP contribution in [0.5, 0.6) is 0 Å². The number of hydrogen-bond acceptors (Lipinski definition) is 2. The molecule has 0 aromatic heterocycles. The van der Waals surface area contributed by atoms with Crippen molar-refractivity contribution in [3.05, 3.63) is 35.4 Å². The third kappa shape index (κ3) is 5.12. The van der Waals surface area contributed by atoms with Crippen LogP contribution >= 0.6 is 0 Å². The molecular weight excluding hydrogens is 256 g/mol. The molecule has 2 nitrogen and oxygen atoms in total. The van der Waals surface area contributed by atoms with Crippen molar-refractivity contribution in [1.82, 2.24) is 10.2 Å². The molecule has 0 bridgehead atoms. The van der Waals surface area contributed by atoms with Gasteiger partial charge in [-0.05, 0) is 51.8 Å². The Balaban J connectivity index is 1.94. The van der Waals surface area contributed by atoms with Crippen LogP contribution in [0, 0.1) is 6.92 Å². The lowest BCUT2D eigenvalue weighted by Gasteiger charge is -2.29. The van der Waals surface area contributed by atoms with Crippen LogP contribution in [0.3, 0.4) is 0 Å². The van der Waals surface area contributed by atoms with E-state index in [9.17, 15) is 0 Å². The fraction of sp³-hybridized carbons (Fsp3) is 0.684. The number of hydrogen-bond donors (Lipinski definition) is 1. The molecule has 2 rings (SSSR count). The molecular formula is C19H32N2. The zero-order valence-corrected chi connectivity index (χ0v) is 14.1. The van der Waals surface area contributed by atoms with Gasteiger partial charge in [0, 0.05) is 18.6 Å². The molecule has 1 aliphatic heterocycles. The van der Waals surface area contributed by atoms with Crippen LogP contribution in [0.4, 0.5) is 0 Å². The molecule has 2 atom stereocenters. The van der Waals surface area contributed by atoms with Gasteiger partial charge in [0.2, 0.25) is 0 Å². The molecule has 1 aromatic carbocycles. The standard InChI is InChI=1S/C19H32N2/c1-4-20-19(18-11-9-16(2)10-12-18)13-15-21-14-7-5-6-8-17(21)3/h9-12,17,19-20H,4-8,13-15H2,1-3H3. The Bertz CT molecular complexity index is 399. The lowest BCUT2D eigenvalue weighted by molar-refractivity contribution is 0.202. The maximum absolute atomic E-state index is 3.66. The van der Waals surface area contributed by atoms with E-state index in [0.717, 1.165) is 12.6 Å². The van der Waals surface area contributed by atoms with Crippen LogP contribution in [-0.2, 0) is 0 Å². The van der Waals surface area contributed by atoms with Crippen molar-refractivity contribution in [1.29, 1.82) is 0 Å². The minimum Gasteiger partial charge on any atom is -0.310 e. The van der Waals surface area contributed by atoms with Crippen molar-refractivity contribution in [3.63, 3.8) is 0 Å². The maximum atomic E-state index is 3.66. The smallest absolute Gasteiger partial charge is 0.0332 e. The number of likely N-dealkylation sites (tertiary alicyclic amines) is 1. The molecule has 118 valence electrons. The lowest BCUT2D eigenvalue weighted by atomic mass is 10.0. The minimum absolute atomic E-state index is 0.492. The van der Waals surface area contributed by atoms with Crippen molar-refractivity contribution in [2.75, 3.05) is 19.6 Å². The molecule has 2 heteroatoms. The van der Waals surface area contributed by atoms with Gasteiger partial charge < -0.3 is 10.2 Å². The molecule has 1 fully saturated rings. The van der Waals surface area contributed by atoms with Gasteiger partial charge in [-0.15, -0.1) is 0 Å². The van der Waals surface area contributed by atoms with Crippen LogP contribution in [0.2, 0.25) is 0 Å². The second-order valence-electron chi connectivity index (χ2n) is 6.54. The Morgan fingerprint density at radius 1 is 1.19 bits per heavy atom. The first-order chi connectivity index (χ1) is 10.2. The molecule has 0 radical (unpaired) electrons. The summed E-state index contributed by atoms with van der Waals surface area (Å²) in [5, 5.41) is 3.66. The number of nitrogens with one attached hydrogen (secondary N) is 1. The molecule has 0 aliphatic carbocycles. The van der Waals surface area contributed by atoms with Crippen LogP contribution < -0.4 is 5.32 Å². The Morgan fingerprint density at radius 2 is 1.95 bits per heavy atom. The van der Waals surface area contributed by atoms with E-state index in [4.69, 9.17) is 0 Å². The van der Waals surface area contributed by atoms with E-state index < -0.39 is 0 Å². The van der Waals surface area contributed by atoms with Crippen LogP contribution in [0.25, 0.3) is 0 Å². The summed E-state index contributed by atoms with van der Waals surface area (Å²) in [6.45, 7) is 10.3. The van der Waals surface area contributed by atoms with Crippen molar-refractivity contribution < 1.29 is 0 Å². The molecule has 1 N–H and O–H groups in total. The number of aryl methyl sites for hydroxylation is 1. The first-order valence-electron chi connectivity index (χ1n) is 8.74. The molecule has 0 saturated carbocycles. The summed E-state index contributed by atoms with van der Waals surface area (Å²) in [5.74, 6) is 0. The third-order valence-electron chi connectivity index (χ3n) is 4.83. The van der Waals surface area contributed by atoms with Gasteiger partial charge in [0.15, 0.2) is 0 Å². The topological polar surface area (TPSA) is 15.3 Å². The normalized spacial score (nSPS) is 22.0. The second-order valence-corrected chi connectivity index (χ2v) is 6.54. The van der Waals surface area contributed by atoms with Gasteiger partial charge in [0.05, 0.1) is 0 Å². The van der Waals surface area contributed by atoms with Gasteiger partial charge in [-0.25, -0.2) is 0 Å². The highest BCUT2D eigenvalue weighted by Crippen LogP contribution is 2.21. The molecule has 21 heavy (non-hydrogen) atoms. The highest BCUT2D eigenvalue weighted by atomic mass is 15.1. The summed E-state index contributed by atoms with van der Waals surface area (Å²) in [6, 6.07) is 10.3. The van der Waals surface area contributed by atoms with Gasteiger partial charge in [-0.1, -0.05) is 49.6 Å². The zero-order valence-electron chi connectivity index (χ0n) is 14.1. The molecule has 0 amide bonds. The number of nitrogens with zero attached hydrogens (tertiary/aromatic N) is 1. The van der Waals surface area contributed by atoms with Gasteiger partial charge in [0.25, 0.3) is 0 Å². The summed E-state index contributed by atoms with van der Waals surface area (Å²) in [4.78, 5) is 2.70. The lowest BCUT2D eigenvalue weighted by Crippen LogP contribution is -2.35. The van der Waals surface area contributed by atoms with Crippen molar-refractivity contribution in [2.24, 2.45) is 0 Å². The Kier molecular flexibility index (Phi) is 6.72. The second kappa shape index (κ2) is 8.55. The van der Waals surface area contributed by atoms with E-state index in [0.29, 0.717) is 6.04 Å². The SMILES string of the molecule is CCNC(CCN1CCCCCC1C)c1ccc(C)cc1. The molecule has 1 aromatic rings. The molecule has 0 spiro atoms. The van der Waals surface area contributed by atoms with E-state index >= 15 is 0 Å². The molecule has 1 heterocycles. The Morgan fingerprint density at radius 3 is 2.67 bits per heavy atom. The predicted molar refractivity (Wildman–Crippen MR) is 91.7 cm³/mol. The number of rotatable bonds is 6. The third-order valence-corrected chi connectivity index (χ3v) is 4.83. The highest BCUT2D eigenvalue weighted by molar-refractivity contribution is 5.24. The average Bonchev–Trinajstić information content (AvgIpc) is 2.69. The van der Waals surface area contributed by atoms with Gasteiger partial charge in [-0.3, -0.25) is 0 Å². The van der Waals surface area contributed by atoms with E-state index in [-0.39, 0.29) is 0 Å². The Hall–Kier alpha value is -0.860. The minimum atomic E-state index is 0.492. The van der Waals surface area contributed by atoms with Crippen LogP contribution in [0.1, 0.15) is 63.1 Å². The molecule has 2 unspecified atom stereocenters. The fourth-order valence-corrected chi connectivity index (χ4v) is 3.39. The van der Waals surface area contributed by atoms with Crippen LogP contribution in [0.15, 0.2) is 24.3 Å². The van der Waals surface area contributed by atoms with E-state index in [1.165, 1.54) is 56.3 Å². The monoisotopic (exact) mass is 288 g/mol. The van der Waals surface area contributed by atoms with E-state index in [2.05, 4.69) is 55.3 Å². The van der Waals surface area contributed by atoms with Crippen molar-refractivity contribution in [2.45, 2.75) is 65.0 Å². The van der Waals surface area contributed by atoms with E-state index in [1.807, 2.05) is 0 Å². The number of benzene rings is 1. The zero-order chi connectivity index (χ0) is 15.1. The maximum Gasteiger partial charge on any atom is 0.0332 e. The van der Waals surface area contributed by atoms with Gasteiger partial charge in [0.1, 0.15) is 0 Å². The summed E-state index contributed by atoms with van der Waals surface area (Å²) in [7, 11) is 0. The molecule has 1 saturated heterocycles. The van der Waals surface area contributed by atoms with Crippen molar-refractivity contribution >= 4 is 0 Å². The fourth-order valence-electron chi connectivity index (χ4n) is 3.39. The van der Waals surface area contributed by atoms with Crippen molar-refractivity contribution in [3.8, 4) is 0 Å². The quantitative estimate of drug-likeness (QED) is 0.839. The summed E-state index contributed by atoms with van der Waals surface area (Å²) < 4.78 is 0. The van der Waals surface area contributed by atoms with Gasteiger partial charge in [-0.2, -0.15) is 0 Å². The van der Waals surface area contributed by atoms with Gasteiger partial charge >= 0.3 is 0 Å². The summed E-state index contributed by atoms with van der Waals surface area (Å²) in [5.41, 5.74) is 2.78. The molecule has 1 aliphatic rings. The summed E-state index contributed by atoms with van der Waals surface area (Å²) in [6.07, 6.45) is 6.78. The Labute approximate surface area is 130 Å². The highest BCUT2D eigenvalue weighted by Gasteiger charge is 2.18. The van der Waals surface area contributed by atoms with Crippen LogP contribution in [-0.4, -0.2) is 30.6 Å². The summed E-state index contributed by atoms with van der Waals surface area (Å²) >= 11 is 0. The average molecular weight is 288 g/mol. The van der Waals surface area contributed by atoms with E-state index in [1.54, 1.807) is 0 Å². The predicted octanol–water partition coefficient (Wildman–Crippen LogP) is 4.30.